The molecule has 0 radical (unpaired) electrons. The molecule has 0 fully saturated rings. The van der Waals surface area contributed by atoms with E-state index in [0.717, 1.165) is 11.1 Å². The quantitative estimate of drug-likeness (QED) is 0.406. The molecule has 10 heteroatoms. The van der Waals surface area contributed by atoms with Crippen LogP contribution in [0.1, 0.15) is 5.56 Å². The van der Waals surface area contributed by atoms with Crippen molar-refractivity contribution in [3.63, 3.8) is 0 Å². The lowest BCUT2D eigenvalue weighted by Gasteiger charge is -2.20. The molecule has 2 heterocycles. The fraction of sp³-hybridized carbons (Fsp3) is 0.364. The van der Waals surface area contributed by atoms with Gasteiger partial charge in [-0.05, 0) is 18.2 Å². The normalized spacial score (nSPS) is 10.8. The average molecular weight is 458 g/mol. The van der Waals surface area contributed by atoms with Gasteiger partial charge in [-0.2, -0.15) is 0 Å². The Morgan fingerprint density at radius 2 is 1.88 bits per heavy atom. The number of carbonyl (C=O) groups excluding carboxylic acids is 1. The fourth-order valence-electron chi connectivity index (χ4n) is 3.15. The topological polar surface area (TPSA) is 91.6 Å². The Morgan fingerprint density at radius 3 is 2.56 bits per heavy atom. The molecule has 2 aromatic heterocycles. The van der Waals surface area contributed by atoms with Gasteiger partial charge in [0.15, 0.2) is 22.5 Å². The summed E-state index contributed by atoms with van der Waals surface area (Å²) < 4.78 is 18.0. The zero-order valence-corrected chi connectivity index (χ0v) is 19.5. The molecule has 0 aliphatic carbocycles. The van der Waals surface area contributed by atoms with Gasteiger partial charge in [0, 0.05) is 44.2 Å². The van der Waals surface area contributed by atoms with E-state index >= 15 is 0 Å². The number of amides is 1. The van der Waals surface area contributed by atoms with Gasteiger partial charge in [-0.1, -0.05) is 23.9 Å². The Kier molecular flexibility index (Phi) is 8.46. The largest absolute Gasteiger partial charge is 0.493 e. The molecule has 0 aliphatic rings. The molecule has 3 rings (SSSR count). The third kappa shape index (κ3) is 5.57. The monoisotopic (exact) mass is 457 g/mol. The molecule has 0 atom stereocenters. The smallest absolute Gasteiger partial charge is 0.233 e. The third-order valence-corrected chi connectivity index (χ3v) is 5.77. The molecule has 0 N–H and O–H groups in total. The highest BCUT2D eigenvalue weighted by Crippen LogP contribution is 2.31. The number of benzene rings is 1. The second-order valence-electron chi connectivity index (χ2n) is 6.88. The predicted octanol–water partition coefficient (Wildman–Crippen LogP) is 2.75. The van der Waals surface area contributed by atoms with E-state index < -0.39 is 0 Å². The first-order valence-corrected chi connectivity index (χ1v) is 11.0. The molecule has 1 amide bonds. The van der Waals surface area contributed by atoms with Crippen molar-refractivity contribution in [2.45, 2.75) is 18.2 Å². The van der Waals surface area contributed by atoms with Crippen LogP contribution in [0.15, 0.2) is 47.9 Å². The number of para-hydroxylation sites is 1. The van der Waals surface area contributed by atoms with Crippen LogP contribution in [0.4, 0.5) is 0 Å². The maximum Gasteiger partial charge on any atom is 0.233 e. The van der Waals surface area contributed by atoms with Crippen molar-refractivity contribution in [1.29, 1.82) is 0 Å². The second-order valence-corrected chi connectivity index (χ2v) is 7.82. The van der Waals surface area contributed by atoms with Gasteiger partial charge in [0.05, 0.1) is 33.1 Å². The van der Waals surface area contributed by atoms with E-state index in [-0.39, 0.29) is 11.7 Å². The fourth-order valence-corrected chi connectivity index (χ4v) is 4.06. The molecular formula is C22H27N5O4S. The molecule has 3 aromatic rings. The van der Waals surface area contributed by atoms with E-state index in [1.54, 1.807) is 45.7 Å². The van der Waals surface area contributed by atoms with Gasteiger partial charge in [-0.25, -0.2) is 0 Å². The SMILES string of the molecule is COCCn1c(SCC(=O)N(C)Cc2cccc(OC)c2OC)nnc1-c1ccncc1. The minimum atomic E-state index is -0.0355. The lowest BCUT2D eigenvalue weighted by Crippen LogP contribution is -2.28. The number of thioether (sulfide) groups is 1. The average Bonchev–Trinajstić information content (AvgIpc) is 3.23. The van der Waals surface area contributed by atoms with Crippen LogP contribution < -0.4 is 9.47 Å². The lowest BCUT2D eigenvalue weighted by atomic mass is 10.1. The van der Waals surface area contributed by atoms with Crippen molar-refractivity contribution in [3.8, 4) is 22.9 Å². The first-order valence-electron chi connectivity index (χ1n) is 9.98. The van der Waals surface area contributed by atoms with Crippen molar-refractivity contribution < 1.29 is 19.0 Å². The molecule has 0 unspecified atom stereocenters. The molecule has 32 heavy (non-hydrogen) atoms. The van der Waals surface area contributed by atoms with Crippen LogP contribution in [0, 0.1) is 0 Å². The first kappa shape index (κ1) is 23.6. The summed E-state index contributed by atoms with van der Waals surface area (Å²) in [6.45, 7) is 1.49. The Bertz CT molecular complexity index is 1030. The van der Waals surface area contributed by atoms with Crippen LogP contribution in [0.3, 0.4) is 0 Å². The summed E-state index contributed by atoms with van der Waals surface area (Å²) >= 11 is 1.35. The molecule has 0 aliphatic heterocycles. The van der Waals surface area contributed by atoms with Gasteiger partial charge >= 0.3 is 0 Å². The van der Waals surface area contributed by atoms with E-state index in [9.17, 15) is 4.79 Å². The molecule has 0 saturated heterocycles. The highest BCUT2D eigenvalue weighted by molar-refractivity contribution is 7.99. The second kappa shape index (κ2) is 11.5. The maximum absolute atomic E-state index is 12.8. The number of methoxy groups -OCH3 is 3. The number of hydrogen-bond acceptors (Lipinski definition) is 8. The van der Waals surface area contributed by atoms with Gasteiger partial charge in [-0.3, -0.25) is 14.3 Å². The standard InChI is InChI=1S/C22H27N5O4S/c1-26(14-17-6-5-7-18(30-3)20(17)31-4)19(28)15-32-22-25-24-21(27(22)12-13-29-2)16-8-10-23-11-9-16/h5-11H,12-15H2,1-4H3. The van der Waals surface area contributed by atoms with Crippen LogP contribution in [0.5, 0.6) is 11.5 Å². The minimum absolute atomic E-state index is 0.0355. The zero-order valence-electron chi connectivity index (χ0n) is 18.6. The third-order valence-electron chi connectivity index (χ3n) is 4.82. The highest BCUT2D eigenvalue weighted by Gasteiger charge is 2.18. The summed E-state index contributed by atoms with van der Waals surface area (Å²) in [7, 11) is 6.59. The minimum Gasteiger partial charge on any atom is -0.493 e. The van der Waals surface area contributed by atoms with E-state index in [0.29, 0.717) is 42.2 Å². The zero-order chi connectivity index (χ0) is 22.9. The predicted molar refractivity (Wildman–Crippen MR) is 122 cm³/mol. The van der Waals surface area contributed by atoms with Gasteiger partial charge < -0.3 is 19.1 Å². The molecule has 0 spiro atoms. The summed E-state index contributed by atoms with van der Waals surface area (Å²) in [4.78, 5) is 18.5. The molecule has 0 saturated carbocycles. The maximum atomic E-state index is 12.8. The number of ether oxygens (including phenoxy) is 3. The molecule has 0 bridgehead atoms. The van der Waals surface area contributed by atoms with E-state index in [4.69, 9.17) is 14.2 Å². The lowest BCUT2D eigenvalue weighted by molar-refractivity contribution is -0.127. The Hall–Kier alpha value is -3.11. The van der Waals surface area contributed by atoms with Crippen molar-refractivity contribution in [2.75, 3.05) is 40.7 Å². The molecular weight excluding hydrogens is 430 g/mol. The van der Waals surface area contributed by atoms with Crippen LogP contribution in [-0.4, -0.2) is 71.3 Å². The van der Waals surface area contributed by atoms with Gasteiger partial charge in [0.1, 0.15) is 0 Å². The Morgan fingerprint density at radius 1 is 1.09 bits per heavy atom. The molecule has 170 valence electrons. The number of pyridine rings is 1. The van der Waals surface area contributed by atoms with Crippen molar-refractivity contribution in [2.24, 2.45) is 0 Å². The van der Waals surface area contributed by atoms with E-state index in [1.807, 2.05) is 34.9 Å². The summed E-state index contributed by atoms with van der Waals surface area (Å²) in [5, 5.41) is 9.29. The number of hydrogen-bond donors (Lipinski definition) is 0. The van der Waals surface area contributed by atoms with Gasteiger partial charge in [0.2, 0.25) is 5.91 Å². The molecule has 9 nitrogen and oxygen atoms in total. The van der Waals surface area contributed by atoms with Crippen molar-refractivity contribution in [1.82, 2.24) is 24.6 Å². The van der Waals surface area contributed by atoms with E-state index in [2.05, 4.69) is 15.2 Å². The summed E-state index contributed by atoms with van der Waals surface area (Å²) in [5.41, 5.74) is 1.78. The number of rotatable bonds is 11. The summed E-state index contributed by atoms with van der Waals surface area (Å²) in [6.07, 6.45) is 3.42. The van der Waals surface area contributed by atoms with Crippen LogP contribution in [-0.2, 0) is 22.6 Å². The first-order chi connectivity index (χ1) is 15.6. The summed E-state index contributed by atoms with van der Waals surface area (Å²) in [6, 6.07) is 9.38. The van der Waals surface area contributed by atoms with Crippen molar-refractivity contribution in [3.05, 3.63) is 48.3 Å². The van der Waals surface area contributed by atoms with E-state index in [1.165, 1.54) is 11.8 Å². The van der Waals surface area contributed by atoms with Gasteiger partial charge in [-0.15, -0.1) is 10.2 Å². The van der Waals surface area contributed by atoms with Crippen LogP contribution >= 0.6 is 11.8 Å². The van der Waals surface area contributed by atoms with Crippen LogP contribution in [0.2, 0.25) is 0 Å². The highest BCUT2D eigenvalue weighted by atomic mass is 32.2. The number of carbonyl (C=O) groups is 1. The van der Waals surface area contributed by atoms with Crippen molar-refractivity contribution >= 4 is 17.7 Å². The Labute approximate surface area is 191 Å². The number of aromatic nitrogens is 4. The molecule has 1 aromatic carbocycles. The Balaban J connectivity index is 1.70. The number of nitrogens with zero attached hydrogens (tertiary/aromatic N) is 5. The summed E-state index contributed by atoms with van der Waals surface area (Å²) in [5.74, 6) is 2.17. The van der Waals surface area contributed by atoms with Crippen LogP contribution in [0.25, 0.3) is 11.4 Å². The van der Waals surface area contributed by atoms with Gasteiger partial charge in [0.25, 0.3) is 0 Å².